The molecule has 0 aliphatic carbocycles. The van der Waals surface area contributed by atoms with Crippen LogP contribution in [0.2, 0.25) is 0 Å². The number of hydrogen-bond donors (Lipinski definition) is 1. The molecule has 0 aliphatic heterocycles. The van der Waals surface area contributed by atoms with Gasteiger partial charge in [-0.05, 0) is 36.4 Å². The SMILES string of the molecule is COc1ccc2oc(-c3ccc(C(=O)O)cc3)nc2c1. The fraction of sp³-hybridized carbons (Fsp3) is 0.0667. The Bertz CT molecular complexity index is 774. The van der Waals surface area contributed by atoms with Gasteiger partial charge in [-0.3, -0.25) is 0 Å². The Kier molecular flexibility index (Phi) is 2.87. The number of hydrogen-bond acceptors (Lipinski definition) is 4. The second kappa shape index (κ2) is 4.70. The lowest BCUT2D eigenvalue weighted by atomic mass is 10.1. The smallest absolute Gasteiger partial charge is 0.335 e. The fourth-order valence-corrected chi connectivity index (χ4v) is 1.91. The molecule has 20 heavy (non-hydrogen) atoms. The van der Waals surface area contributed by atoms with Crippen LogP contribution in [0.1, 0.15) is 10.4 Å². The Morgan fingerprint density at radius 3 is 2.60 bits per heavy atom. The Morgan fingerprint density at radius 1 is 1.20 bits per heavy atom. The van der Waals surface area contributed by atoms with E-state index < -0.39 is 5.97 Å². The lowest BCUT2D eigenvalue weighted by molar-refractivity contribution is 0.0697. The van der Waals surface area contributed by atoms with Crippen molar-refractivity contribution >= 4 is 17.1 Å². The zero-order valence-corrected chi connectivity index (χ0v) is 10.7. The van der Waals surface area contributed by atoms with Crippen molar-refractivity contribution in [2.45, 2.75) is 0 Å². The third-order valence-corrected chi connectivity index (χ3v) is 2.97. The zero-order valence-electron chi connectivity index (χ0n) is 10.7. The average molecular weight is 269 g/mol. The second-order valence-electron chi connectivity index (χ2n) is 4.24. The molecule has 5 heteroatoms. The molecule has 0 atom stereocenters. The monoisotopic (exact) mass is 269 g/mol. The van der Waals surface area contributed by atoms with Crippen molar-refractivity contribution in [3.05, 3.63) is 48.0 Å². The number of carboxylic acids is 1. The summed E-state index contributed by atoms with van der Waals surface area (Å²) in [6.45, 7) is 0. The van der Waals surface area contributed by atoms with Crippen molar-refractivity contribution in [1.29, 1.82) is 0 Å². The van der Waals surface area contributed by atoms with E-state index in [1.54, 1.807) is 37.4 Å². The number of methoxy groups -OCH3 is 1. The van der Waals surface area contributed by atoms with Crippen LogP contribution in [0, 0.1) is 0 Å². The molecular formula is C15H11NO4. The number of carbonyl (C=O) groups is 1. The zero-order chi connectivity index (χ0) is 14.1. The minimum absolute atomic E-state index is 0.228. The number of carboxylic acid groups (broad SMARTS) is 1. The van der Waals surface area contributed by atoms with Crippen LogP contribution >= 0.6 is 0 Å². The highest BCUT2D eigenvalue weighted by molar-refractivity contribution is 5.88. The first-order chi connectivity index (χ1) is 9.67. The van der Waals surface area contributed by atoms with Crippen LogP contribution in [0.5, 0.6) is 5.75 Å². The van der Waals surface area contributed by atoms with Gasteiger partial charge in [0.1, 0.15) is 11.3 Å². The number of aromatic carboxylic acids is 1. The van der Waals surface area contributed by atoms with Crippen LogP contribution in [0.3, 0.4) is 0 Å². The van der Waals surface area contributed by atoms with E-state index in [1.807, 2.05) is 0 Å². The van der Waals surface area contributed by atoms with Gasteiger partial charge in [0.2, 0.25) is 5.89 Å². The van der Waals surface area contributed by atoms with Crippen LogP contribution in [0.15, 0.2) is 46.9 Å². The molecule has 0 saturated heterocycles. The molecule has 2 aromatic carbocycles. The Hall–Kier alpha value is -2.82. The highest BCUT2D eigenvalue weighted by Gasteiger charge is 2.10. The van der Waals surface area contributed by atoms with Gasteiger partial charge < -0.3 is 14.3 Å². The summed E-state index contributed by atoms with van der Waals surface area (Å²) in [6.07, 6.45) is 0. The molecule has 0 bridgehead atoms. The van der Waals surface area contributed by atoms with Gasteiger partial charge in [0.25, 0.3) is 0 Å². The van der Waals surface area contributed by atoms with Crippen molar-refractivity contribution in [3.63, 3.8) is 0 Å². The quantitative estimate of drug-likeness (QED) is 0.790. The summed E-state index contributed by atoms with van der Waals surface area (Å²) in [7, 11) is 1.59. The molecule has 0 radical (unpaired) electrons. The van der Waals surface area contributed by atoms with Crippen molar-refractivity contribution < 1.29 is 19.1 Å². The minimum Gasteiger partial charge on any atom is -0.497 e. The predicted octanol–water partition coefficient (Wildman–Crippen LogP) is 3.20. The molecule has 1 heterocycles. The third-order valence-electron chi connectivity index (χ3n) is 2.97. The summed E-state index contributed by atoms with van der Waals surface area (Å²) in [5, 5.41) is 8.87. The van der Waals surface area contributed by atoms with Gasteiger partial charge in [-0.1, -0.05) is 0 Å². The topological polar surface area (TPSA) is 72.6 Å². The number of nitrogens with zero attached hydrogens (tertiary/aromatic N) is 1. The largest absolute Gasteiger partial charge is 0.497 e. The van der Waals surface area contributed by atoms with E-state index in [2.05, 4.69) is 4.98 Å². The molecular weight excluding hydrogens is 258 g/mol. The van der Waals surface area contributed by atoms with Crippen molar-refractivity contribution in [3.8, 4) is 17.2 Å². The molecule has 0 aliphatic rings. The predicted molar refractivity (Wildman–Crippen MR) is 73.0 cm³/mol. The van der Waals surface area contributed by atoms with Gasteiger partial charge in [-0.25, -0.2) is 9.78 Å². The Labute approximate surface area is 114 Å². The van der Waals surface area contributed by atoms with Gasteiger partial charge in [0, 0.05) is 11.6 Å². The highest BCUT2D eigenvalue weighted by atomic mass is 16.5. The molecule has 0 fully saturated rings. The van der Waals surface area contributed by atoms with E-state index in [0.717, 1.165) is 5.56 Å². The molecule has 3 rings (SSSR count). The number of rotatable bonds is 3. The van der Waals surface area contributed by atoms with Gasteiger partial charge in [-0.2, -0.15) is 0 Å². The molecule has 0 saturated carbocycles. The molecule has 1 aromatic heterocycles. The van der Waals surface area contributed by atoms with E-state index in [4.69, 9.17) is 14.3 Å². The van der Waals surface area contributed by atoms with Crippen molar-refractivity contribution in [1.82, 2.24) is 4.98 Å². The normalized spacial score (nSPS) is 10.7. The van der Waals surface area contributed by atoms with E-state index in [1.165, 1.54) is 12.1 Å². The summed E-state index contributed by atoms with van der Waals surface area (Å²) in [4.78, 5) is 15.2. The Morgan fingerprint density at radius 2 is 1.95 bits per heavy atom. The van der Waals surface area contributed by atoms with Crippen LogP contribution < -0.4 is 4.74 Å². The molecule has 0 amide bonds. The van der Waals surface area contributed by atoms with Gasteiger partial charge in [-0.15, -0.1) is 0 Å². The van der Waals surface area contributed by atoms with Gasteiger partial charge in [0.05, 0.1) is 12.7 Å². The molecule has 3 aromatic rings. The van der Waals surface area contributed by atoms with E-state index in [9.17, 15) is 4.79 Å². The van der Waals surface area contributed by atoms with Crippen LogP contribution in [-0.4, -0.2) is 23.2 Å². The second-order valence-corrected chi connectivity index (χ2v) is 4.24. The van der Waals surface area contributed by atoms with E-state index in [-0.39, 0.29) is 5.56 Å². The standard InChI is InChI=1S/C15H11NO4/c1-19-11-6-7-13-12(8-11)16-14(20-13)9-2-4-10(5-3-9)15(17)18/h2-8H,1H3,(H,17,18). The van der Waals surface area contributed by atoms with Crippen molar-refractivity contribution in [2.75, 3.05) is 7.11 Å². The van der Waals surface area contributed by atoms with Crippen LogP contribution in [0.4, 0.5) is 0 Å². The molecule has 0 spiro atoms. The number of aromatic nitrogens is 1. The highest BCUT2D eigenvalue weighted by Crippen LogP contribution is 2.27. The molecule has 100 valence electrons. The number of ether oxygens (including phenoxy) is 1. The average Bonchev–Trinajstić information content (AvgIpc) is 2.90. The molecule has 1 N–H and O–H groups in total. The summed E-state index contributed by atoms with van der Waals surface area (Å²) >= 11 is 0. The molecule has 5 nitrogen and oxygen atoms in total. The first-order valence-corrected chi connectivity index (χ1v) is 5.95. The summed E-state index contributed by atoms with van der Waals surface area (Å²) in [6, 6.07) is 11.8. The number of fused-ring (bicyclic) bond motifs is 1. The summed E-state index contributed by atoms with van der Waals surface area (Å²) in [5.41, 5.74) is 2.31. The van der Waals surface area contributed by atoms with Crippen molar-refractivity contribution in [2.24, 2.45) is 0 Å². The first-order valence-electron chi connectivity index (χ1n) is 5.95. The lowest BCUT2D eigenvalue weighted by Crippen LogP contribution is -1.94. The molecule has 0 unspecified atom stereocenters. The minimum atomic E-state index is -0.959. The fourth-order valence-electron chi connectivity index (χ4n) is 1.91. The lowest BCUT2D eigenvalue weighted by Gasteiger charge is -1.96. The summed E-state index contributed by atoms with van der Waals surface area (Å²) < 4.78 is 10.8. The summed E-state index contributed by atoms with van der Waals surface area (Å²) in [5.74, 6) is 0.197. The van der Waals surface area contributed by atoms with Crippen LogP contribution in [-0.2, 0) is 0 Å². The maximum Gasteiger partial charge on any atom is 0.335 e. The first kappa shape index (κ1) is 12.2. The third kappa shape index (κ3) is 2.09. The van der Waals surface area contributed by atoms with Crippen LogP contribution in [0.25, 0.3) is 22.6 Å². The maximum atomic E-state index is 10.8. The van der Waals surface area contributed by atoms with Gasteiger partial charge >= 0.3 is 5.97 Å². The Balaban J connectivity index is 2.03. The van der Waals surface area contributed by atoms with E-state index in [0.29, 0.717) is 22.7 Å². The number of oxazole rings is 1. The number of benzene rings is 2. The maximum absolute atomic E-state index is 10.8. The van der Waals surface area contributed by atoms with E-state index >= 15 is 0 Å². The van der Waals surface area contributed by atoms with Gasteiger partial charge in [0.15, 0.2) is 5.58 Å².